The number of carbonyl (C=O) groups excluding carboxylic acids is 2. The van der Waals surface area contributed by atoms with Crippen molar-refractivity contribution in [2.45, 2.75) is 20.5 Å². The number of aromatic nitrogens is 1. The van der Waals surface area contributed by atoms with Crippen LogP contribution < -0.4 is 15.6 Å². The molecule has 7 nitrogen and oxygen atoms in total. The fourth-order valence-corrected chi connectivity index (χ4v) is 2.82. The van der Waals surface area contributed by atoms with Gasteiger partial charge in [-0.3, -0.25) is 20.4 Å². The average molecular weight is 371 g/mol. The zero-order chi connectivity index (χ0) is 18.5. The molecule has 134 valence electrons. The summed E-state index contributed by atoms with van der Waals surface area (Å²) in [6, 6.07) is 8.22. The predicted octanol–water partition coefficient (Wildman–Crippen LogP) is 3.01. The van der Waals surface area contributed by atoms with E-state index in [1.54, 1.807) is 49.7 Å². The molecular weight excluding hydrogens is 354 g/mol. The molecule has 0 radical (unpaired) electrons. The van der Waals surface area contributed by atoms with Gasteiger partial charge in [-0.05, 0) is 44.2 Å². The van der Waals surface area contributed by atoms with Crippen molar-refractivity contribution in [3.63, 3.8) is 0 Å². The highest BCUT2D eigenvalue weighted by molar-refractivity contribution is 7.07. The van der Waals surface area contributed by atoms with Crippen molar-refractivity contribution in [3.05, 3.63) is 69.6 Å². The molecule has 0 bridgehead atoms. The Morgan fingerprint density at radius 3 is 2.50 bits per heavy atom. The molecule has 0 aliphatic rings. The van der Waals surface area contributed by atoms with Crippen LogP contribution in [0.15, 0.2) is 45.6 Å². The molecule has 0 spiro atoms. The maximum absolute atomic E-state index is 12.1. The second kappa shape index (κ2) is 7.83. The van der Waals surface area contributed by atoms with E-state index in [4.69, 9.17) is 9.15 Å². The van der Waals surface area contributed by atoms with E-state index in [0.717, 1.165) is 5.69 Å². The monoisotopic (exact) mass is 371 g/mol. The van der Waals surface area contributed by atoms with E-state index < -0.39 is 11.8 Å². The number of hydrogen-bond donors (Lipinski definition) is 2. The molecule has 0 unspecified atom stereocenters. The summed E-state index contributed by atoms with van der Waals surface area (Å²) in [6.45, 7) is 3.81. The van der Waals surface area contributed by atoms with E-state index >= 15 is 0 Å². The van der Waals surface area contributed by atoms with Gasteiger partial charge in [-0.15, -0.1) is 11.3 Å². The number of nitrogens with one attached hydrogen (secondary N) is 2. The number of amides is 2. The van der Waals surface area contributed by atoms with Crippen LogP contribution in [0.2, 0.25) is 0 Å². The van der Waals surface area contributed by atoms with Crippen molar-refractivity contribution in [1.29, 1.82) is 0 Å². The van der Waals surface area contributed by atoms with Gasteiger partial charge in [0, 0.05) is 10.9 Å². The third kappa shape index (κ3) is 4.28. The van der Waals surface area contributed by atoms with Crippen LogP contribution in [0, 0.1) is 13.8 Å². The van der Waals surface area contributed by atoms with Gasteiger partial charge in [0.15, 0.2) is 0 Å². The number of ether oxygens (including phenoxy) is 1. The summed E-state index contributed by atoms with van der Waals surface area (Å²) in [5.74, 6) is 0.893. The Morgan fingerprint density at radius 1 is 1.15 bits per heavy atom. The van der Waals surface area contributed by atoms with E-state index in [1.807, 2.05) is 5.38 Å². The zero-order valence-corrected chi connectivity index (χ0v) is 15.1. The third-order valence-corrected chi connectivity index (χ3v) is 4.20. The fourth-order valence-electron chi connectivity index (χ4n) is 2.28. The number of rotatable bonds is 5. The maximum Gasteiger partial charge on any atom is 0.273 e. The molecule has 0 saturated carbocycles. The normalized spacial score (nSPS) is 10.4. The van der Waals surface area contributed by atoms with E-state index in [2.05, 4.69) is 15.8 Å². The molecule has 0 atom stereocenters. The summed E-state index contributed by atoms with van der Waals surface area (Å²) in [6.07, 6.45) is 0. The van der Waals surface area contributed by atoms with Crippen molar-refractivity contribution < 1.29 is 18.7 Å². The zero-order valence-electron chi connectivity index (χ0n) is 14.2. The highest BCUT2D eigenvalue weighted by atomic mass is 32.1. The number of hydrazine groups is 1. The van der Waals surface area contributed by atoms with Crippen LogP contribution in [-0.4, -0.2) is 16.8 Å². The summed E-state index contributed by atoms with van der Waals surface area (Å²) in [4.78, 5) is 28.3. The minimum atomic E-state index is -0.434. The number of benzene rings is 1. The highest BCUT2D eigenvalue weighted by Crippen LogP contribution is 2.15. The van der Waals surface area contributed by atoms with Gasteiger partial charge in [-0.25, -0.2) is 4.98 Å². The second-order valence-electron chi connectivity index (χ2n) is 5.53. The quantitative estimate of drug-likeness (QED) is 0.673. The largest absolute Gasteiger partial charge is 0.487 e. The first-order chi connectivity index (χ1) is 12.5. The Hall–Kier alpha value is -3.13. The van der Waals surface area contributed by atoms with Crippen LogP contribution in [0.1, 0.15) is 37.9 Å². The molecule has 1 aromatic carbocycles. The number of aryl methyl sites for hydroxylation is 2. The Kier molecular flexibility index (Phi) is 5.33. The number of nitrogens with zero attached hydrogens (tertiary/aromatic N) is 1. The lowest BCUT2D eigenvalue weighted by Gasteiger charge is -2.08. The minimum Gasteiger partial charge on any atom is -0.487 e. The molecule has 0 saturated heterocycles. The van der Waals surface area contributed by atoms with Crippen LogP contribution in [0.5, 0.6) is 5.75 Å². The van der Waals surface area contributed by atoms with Gasteiger partial charge < -0.3 is 9.15 Å². The third-order valence-electron chi connectivity index (χ3n) is 3.56. The molecule has 3 aromatic rings. The smallest absolute Gasteiger partial charge is 0.273 e. The van der Waals surface area contributed by atoms with Crippen LogP contribution in [-0.2, 0) is 6.61 Å². The summed E-state index contributed by atoms with van der Waals surface area (Å²) < 4.78 is 10.9. The lowest BCUT2D eigenvalue weighted by atomic mass is 10.2. The van der Waals surface area contributed by atoms with Gasteiger partial charge >= 0.3 is 0 Å². The number of thiazole rings is 1. The van der Waals surface area contributed by atoms with Gasteiger partial charge in [0.25, 0.3) is 11.8 Å². The standard InChI is InChI=1S/C18H17N3O4S/c1-11-7-16(12(2)25-11)18(23)21-20-17(22)13-3-5-15(6-4-13)24-8-14-9-26-10-19-14/h3-7,9-10H,8H2,1-2H3,(H,20,22)(H,21,23). The molecule has 2 amide bonds. The molecule has 0 fully saturated rings. The molecule has 2 N–H and O–H groups in total. The van der Waals surface area contributed by atoms with Crippen LogP contribution >= 0.6 is 11.3 Å². The lowest BCUT2D eigenvalue weighted by molar-refractivity contribution is 0.0845. The van der Waals surface area contributed by atoms with Crippen molar-refractivity contribution >= 4 is 23.2 Å². The minimum absolute atomic E-state index is 0.370. The summed E-state index contributed by atoms with van der Waals surface area (Å²) >= 11 is 1.50. The van der Waals surface area contributed by atoms with Gasteiger partial charge in [0.05, 0.1) is 16.8 Å². The Labute approximate surface area is 154 Å². The van der Waals surface area contributed by atoms with Gasteiger partial charge in [0.2, 0.25) is 0 Å². The van der Waals surface area contributed by atoms with Crippen LogP contribution in [0.25, 0.3) is 0 Å². The van der Waals surface area contributed by atoms with Crippen LogP contribution in [0.3, 0.4) is 0 Å². The number of furan rings is 1. The van der Waals surface area contributed by atoms with Crippen molar-refractivity contribution in [3.8, 4) is 5.75 Å². The Bertz CT molecular complexity index is 901. The summed E-state index contributed by atoms with van der Waals surface area (Å²) in [5.41, 5.74) is 8.12. The number of hydrogen-bond acceptors (Lipinski definition) is 6. The number of carbonyl (C=O) groups is 2. The molecule has 2 aromatic heterocycles. The van der Waals surface area contributed by atoms with Crippen molar-refractivity contribution in [1.82, 2.24) is 15.8 Å². The Balaban J connectivity index is 1.53. The first kappa shape index (κ1) is 17.7. The average Bonchev–Trinajstić information content (AvgIpc) is 3.27. The Morgan fingerprint density at radius 2 is 1.88 bits per heavy atom. The van der Waals surface area contributed by atoms with E-state index in [9.17, 15) is 9.59 Å². The van der Waals surface area contributed by atoms with Gasteiger partial charge in [0.1, 0.15) is 23.9 Å². The highest BCUT2D eigenvalue weighted by Gasteiger charge is 2.14. The fraction of sp³-hybridized carbons (Fsp3) is 0.167. The van der Waals surface area contributed by atoms with Crippen molar-refractivity contribution in [2.75, 3.05) is 0 Å². The van der Waals surface area contributed by atoms with Crippen LogP contribution in [0.4, 0.5) is 0 Å². The first-order valence-corrected chi connectivity index (χ1v) is 8.75. The van der Waals surface area contributed by atoms with Gasteiger partial charge in [-0.2, -0.15) is 0 Å². The summed E-state index contributed by atoms with van der Waals surface area (Å²) in [5, 5.41) is 1.91. The predicted molar refractivity (Wildman–Crippen MR) is 96.0 cm³/mol. The van der Waals surface area contributed by atoms with Crippen molar-refractivity contribution in [2.24, 2.45) is 0 Å². The lowest BCUT2D eigenvalue weighted by Crippen LogP contribution is -2.41. The van der Waals surface area contributed by atoms with E-state index in [1.165, 1.54) is 11.3 Å². The molecule has 8 heteroatoms. The molecular formula is C18H17N3O4S. The summed E-state index contributed by atoms with van der Waals surface area (Å²) in [7, 11) is 0. The molecule has 26 heavy (non-hydrogen) atoms. The second-order valence-corrected chi connectivity index (χ2v) is 6.25. The molecule has 0 aliphatic heterocycles. The maximum atomic E-state index is 12.1. The van der Waals surface area contributed by atoms with Gasteiger partial charge in [-0.1, -0.05) is 0 Å². The molecule has 0 aliphatic carbocycles. The first-order valence-electron chi connectivity index (χ1n) is 7.80. The van der Waals surface area contributed by atoms with E-state index in [0.29, 0.717) is 35.0 Å². The van der Waals surface area contributed by atoms with E-state index in [-0.39, 0.29) is 0 Å². The molecule has 2 heterocycles. The topological polar surface area (TPSA) is 93.5 Å². The SMILES string of the molecule is Cc1cc(C(=O)NNC(=O)c2ccc(OCc3cscn3)cc2)c(C)o1. The molecule has 3 rings (SSSR count).